The van der Waals surface area contributed by atoms with Crippen LogP contribution >= 0.6 is 11.6 Å². The molecule has 40 heavy (non-hydrogen) atoms. The van der Waals surface area contributed by atoms with E-state index in [4.69, 9.17) is 16.3 Å². The van der Waals surface area contributed by atoms with Crippen LogP contribution in [0.15, 0.2) is 77.7 Å². The molecule has 3 aromatic carbocycles. The molecule has 2 aliphatic rings. The van der Waals surface area contributed by atoms with Crippen LogP contribution in [0.2, 0.25) is 5.02 Å². The SMILES string of the molecule is CN1CN(Cc2ccccc2)n2cc(C(=O)NCc3ccc(Cl)cc3)c(=O)c3cc(CC4CCOCC4)cc1c32. The number of hydrogen-bond acceptors (Lipinski definition) is 5. The van der Waals surface area contributed by atoms with Crippen molar-refractivity contribution in [2.45, 2.75) is 32.4 Å². The molecule has 1 N–H and O–H groups in total. The third-order valence-corrected chi connectivity index (χ3v) is 8.15. The number of hydrogen-bond donors (Lipinski definition) is 1. The predicted octanol–water partition coefficient (Wildman–Crippen LogP) is 5.10. The number of halogens is 1. The van der Waals surface area contributed by atoms with Crippen molar-refractivity contribution in [1.29, 1.82) is 0 Å². The highest BCUT2D eigenvalue weighted by molar-refractivity contribution is 6.30. The van der Waals surface area contributed by atoms with Gasteiger partial charge in [-0.1, -0.05) is 54.1 Å². The summed E-state index contributed by atoms with van der Waals surface area (Å²) in [5.74, 6) is 0.135. The van der Waals surface area contributed by atoms with E-state index in [1.807, 2.05) is 41.1 Å². The number of nitrogens with zero attached hydrogens (tertiary/aromatic N) is 3. The minimum atomic E-state index is -0.388. The van der Waals surface area contributed by atoms with E-state index in [-0.39, 0.29) is 16.9 Å². The first-order chi connectivity index (χ1) is 19.5. The molecule has 0 bridgehead atoms. The predicted molar refractivity (Wildman–Crippen MR) is 160 cm³/mol. The normalized spacial score (nSPS) is 15.4. The Morgan fingerprint density at radius 1 is 1.00 bits per heavy atom. The maximum atomic E-state index is 13.9. The van der Waals surface area contributed by atoms with Crippen LogP contribution < -0.4 is 20.7 Å². The van der Waals surface area contributed by atoms with E-state index in [1.54, 1.807) is 18.3 Å². The van der Waals surface area contributed by atoms with Gasteiger partial charge in [0.15, 0.2) is 0 Å². The van der Waals surface area contributed by atoms with E-state index >= 15 is 0 Å². The Bertz CT molecular complexity index is 1580. The van der Waals surface area contributed by atoms with Gasteiger partial charge in [0.1, 0.15) is 12.2 Å². The molecule has 1 amide bonds. The number of ether oxygens (including phenoxy) is 1. The second-order valence-corrected chi connectivity index (χ2v) is 11.2. The van der Waals surface area contributed by atoms with Gasteiger partial charge < -0.3 is 15.0 Å². The second kappa shape index (κ2) is 11.4. The molecule has 3 heterocycles. The Kier molecular flexibility index (Phi) is 7.50. The molecule has 7 nitrogen and oxygen atoms in total. The van der Waals surface area contributed by atoms with E-state index in [2.05, 4.69) is 40.5 Å². The number of aromatic nitrogens is 1. The molecule has 1 aromatic heterocycles. The second-order valence-electron chi connectivity index (χ2n) is 10.8. The van der Waals surface area contributed by atoms with Gasteiger partial charge in [-0.05, 0) is 66.1 Å². The maximum absolute atomic E-state index is 13.9. The summed E-state index contributed by atoms with van der Waals surface area (Å²) in [6.07, 6.45) is 4.64. The van der Waals surface area contributed by atoms with Crippen LogP contribution in [0.4, 0.5) is 5.69 Å². The molecule has 6 rings (SSSR count). The van der Waals surface area contributed by atoms with Gasteiger partial charge in [-0.25, -0.2) is 0 Å². The third-order valence-electron chi connectivity index (χ3n) is 7.89. The largest absolute Gasteiger partial charge is 0.381 e. The summed E-state index contributed by atoms with van der Waals surface area (Å²) in [7, 11) is 2.06. The summed E-state index contributed by atoms with van der Waals surface area (Å²) < 4.78 is 7.57. The van der Waals surface area contributed by atoms with Gasteiger partial charge in [0.05, 0.1) is 23.1 Å². The monoisotopic (exact) mass is 556 g/mol. The quantitative estimate of drug-likeness (QED) is 0.343. The van der Waals surface area contributed by atoms with Crippen molar-refractivity contribution in [2.75, 3.05) is 36.8 Å². The lowest BCUT2D eigenvalue weighted by molar-refractivity contribution is 0.0665. The average Bonchev–Trinajstić information content (AvgIpc) is 2.97. The molecular weight excluding hydrogens is 524 g/mol. The zero-order chi connectivity index (χ0) is 27.6. The van der Waals surface area contributed by atoms with E-state index in [9.17, 15) is 9.59 Å². The summed E-state index contributed by atoms with van der Waals surface area (Å²) in [4.78, 5) is 29.6. The summed E-state index contributed by atoms with van der Waals surface area (Å²) in [6, 6.07) is 21.8. The van der Waals surface area contributed by atoms with Crippen molar-refractivity contribution in [3.8, 4) is 0 Å². The number of benzene rings is 3. The van der Waals surface area contributed by atoms with Crippen LogP contribution in [0.5, 0.6) is 0 Å². The maximum Gasteiger partial charge on any atom is 0.257 e. The standard InChI is InChI=1S/C32H33ClN4O3/c1-35-21-36(19-24-5-3-2-4-6-24)37-20-28(32(39)34-18-23-7-9-26(33)10-8-23)31(38)27-16-25(17-29(35)30(27)37)15-22-11-13-40-14-12-22/h2-10,16-17,20,22H,11-15,18-19,21H2,1H3,(H,34,39). The van der Waals surface area contributed by atoms with Crippen molar-refractivity contribution in [3.63, 3.8) is 0 Å². The number of carbonyl (C=O) groups is 1. The first-order valence-corrected chi connectivity index (χ1v) is 14.2. The molecular formula is C32H33ClN4O3. The lowest BCUT2D eigenvalue weighted by Crippen LogP contribution is -2.47. The molecule has 206 valence electrons. The molecule has 0 unspecified atom stereocenters. The number of amides is 1. The molecule has 1 fully saturated rings. The molecule has 0 atom stereocenters. The number of carbonyl (C=O) groups excluding carboxylic acids is 1. The molecule has 0 saturated carbocycles. The summed E-state index contributed by atoms with van der Waals surface area (Å²) in [6.45, 7) is 3.12. The first kappa shape index (κ1) is 26.4. The van der Waals surface area contributed by atoms with Crippen molar-refractivity contribution >= 4 is 34.1 Å². The van der Waals surface area contributed by atoms with Crippen molar-refractivity contribution < 1.29 is 9.53 Å². The molecule has 4 aromatic rings. The summed E-state index contributed by atoms with van der Waals surface area (Å²) >= 11 is 6.01. The Hall–Kier alpha value is -3.81. The molecule has 2 aliphatic heterocycles. The topological polar surface area (TPSA) is 66.8 Å². The van der Waals surface area contributed by atoms with Gasteiger partial charge in [-0.3, -0.25) is 19.3 Å². The van der Waals surface area contributed by atoms with E-state index in [0.29, 0.717) is 36.1 Å². The summed E-state index contributed by atoms with van der Waals surface area (Å²) in [5.41, 5.74) is 4.92. The van der Waals surface area contributed by atoms with E-state index < -0.39 is 0 Å². The van der Waals surface area contributed by atoms with Gasteiger partial charge >= 0.3 is 0 Å². The van der Waals surface area contributed by atoms with Crippen LogP contribution in [0, 0.1) is 5.92 Å². The molecule has 8 heteroatoms. The molecule has 1 saturated heterocycles. The van der Waals surface area contributed by atoms with Gasteiger partial charge in [0.2, 0.25) is 5.43 Å². The summed E-state index contributed by atoms with van der Waals surface area (Å²) in [5, 5.41) is 6.31. The number of pyridine rings is 1. The Morgan fingerprint density at radius 2 is 1.75 bits per heavy atom. The lowest BCUT2D eigenvalue weighted by atomic mass is 9.91. The van der Waals surface area contributed by atoms with Crippen LogP contribution in [-0.2, 0) is 24.2 Å². The number of nitrogens with one attached hydrogen (secondary N) is 1. The highest BCUT2D eigenvalue weighted by Gasteiger charge is 2.27. The lowest BCUT2D eigenvalue weighted by Gasteiger charge is -2.39. The zero-order valence-corrected chi connectivity index (χ0v) is 23.4. The Morgan fingerprint density at radius 3 is 2.50 bits per heavy atom. The van der Waals surface area contributed by atoms with Gasteiger partial charge in [-0.15, -0.1) is 0 Å². The molecule has 0 spiro atoms. The fourth-order valence-corrected chi connectivity index (χ4v) is 5.87. The smallest absolute Gasteiger partial charge is 0.257 e. The van der Waals surface area contributed by atoms with Gasteiger partial charge in [0, 0.05) is 38.0 Å². The average molecular weight is 557 g/mol. The van der Waals surface area contributed by atoms with Crippen LogP contribution in [0.1, 0.15) is 39.9 Å². The first-order valence-electron chi connectivity index (χ1n) is 13.8. The molecule has 0 radical (unpaired) electrons. The van der Waals surface area contributed by atoms with Crippen molar-refractivity contribution in [2.24, 2.45) is 5.92 Å². The minimum absolute atomic E-state index is 0.137. The van der Waals surface area contributed by atoms with Gasteiger partial charge in [0.25, 0.3) is 5.91 Å². The number of anilines is 1. The fraction of sp³-hybridized carbons (Fsp3) is 0.312. The van der Waals surface area contributed by atoms with Crippen molar-refractivity contribution in [3.05, 3.63) is 110 Å². The van der Waals surface area contributed by atoms with E-state index in [1.165, 1.54) is 0 Å². The number of rotatable bonds is 7. The third kappa shape index (κ3) is 5.44. The van der Waals surface area contributed by atoms with Crippen LogP contribution in [-0.4, -0.2) is 37.5 Å². The van der Waals surface area contributed by atoms with E-state index in [0.717, 1.165) is 60.4 Å². The highest BCUT2D eigenvalue weighted by Crippen LogP contribution is 2.33. The Balaban J connectivity index is 1.42. The fourth-order valence-electron chi connectivity index (χ4n) is 5.75. The minimum Gasteiger partial charge on any atom is -0.381 e. The molecule has 0 aliphatic carbocycles. The van der Waals surface area contributed by atoms with Crippen LogP contribution in [0.3, 0.4) is 0 Å². The highest BCUT2D eigenvalue weighted by atomic mass is 35.5. The Labute approximate surface area is 238 Å². The van der Waals surface area contributed by atoms with Crippen LogP contribution in [0.25, 0.3) is 10.9 Å². The van der Waals surface area contributed by atoms with Gasteiger partial charge in [-0.2, -0.15) is 0 Å². The zero-order valence-electron chi connectivity index (χ0n) is 22.6. The van der Waals surface area contributed by atoms with Crippen molar-refractivity contribution in [1.82, 2.24) is 9.99 Å².